The smallest absolute Gasteiger partial charge is 0.139 e. The summed E-state index contributed by atoms with van der Waals surface area (Å²) in [5.41, 5.74) is 3.97. The lowest BCUT2D eigenvalue weighted by Crippen LogP contribution is -2.28. The Labute approximate surface area is 205 Å². The molecule has 0 bridgehead atoms. The Morgan fingerprint density at radius 1 is 0.912 bits per heavy atom. The molecule has 2 aliphatic rings. The van der Waals surface area contributed by atoms with Crippen LogP contribution < -0.4 is 10.2 Å². The molecule has 4 nitrogen and oxygen atoms in total. The molecule has 1 N–H and O–H groups in total. The van der Waals surface area contributed by atoms with Gasteiger partial charge in [-0.25, -0.2) is 9.97 Å². The van der Waals surface area contributed by atoms with E-state index in [0.717, 1.165) is 53.3 Å². The summed E-state index contributed by atoms with van der Waals surface area (Å²) >= 11 is 0. The van der Waals surface area contributed by atoms with Crippen LogP contribution >= 0.6 is 0 Å². The van der Waals surface area contributed by atoms with Gasteiger partial charge in [-0.2, -0.15) is 0 Å². The molecule has 2 aliphatic carbocycles. The molecule has 1 heterocycles. The first-order valence-electron chi connectivity index (χ1n) is 13.3. The van der Waals surface area contributed by atoms with Gasteiger partial charge in [0.25, 0.3) is 0 Å². The number of fused-ring (bicyclic) bond motifs is 1. The van der Waals surface area contributed by atoms with Gasteiger partial charge in [-0.1, -0.05) is 49.2 Å². The maximum atomic E-state index is 4.99. The lowest BCUT2D eigenvalue weighted by atomic mass is 9.79. The van der Waals surface area contributed by atoms with E-state index in [0.29, 0.717) is 5.92 Å². The third-order valence-corrected chi connectivity index (χ3v) is 8.15. The van der Waals surface area contributed by atoms with Crippen LogP contribution in [0.3, 0.4) is 0 Å². The van der Waals surface area contributed by atoms with Crippen LogP contribution in [0.5, 0.6) is 0 Å². The molecule has 0 spiro atoms. The molecule has 2 atom stereocenters. The highest BCUT2D eigenvalue weighted by atomic mass is 15.2. The number of aryl methyl sites for hydroxylation is 1. The summed E-state index contributed by atoms with van der Waals surface area (Å²) in [7, 11) is 4.16. The van der Waals surface area contributed by atoms with E-state index in [1.165, 1.54) is 56.2 Å². The van der Waals surface area contributed by atoms with Crippen molar-refractivity contribution in [3.8, 4) is 0 Å². The lowest BCUT2D eigenvalue weighted by molar-refractivity contribution is 0.249. The highest BCUT2D eigenvalue weighted by molar-refractivity contribution is 5.89. The highest BCUT2D eigenvalue weighted by Gasteiger charge is 2.42. The van der Waals surface area contributed by atoms with Crippen molar-refractivity contribution in [3.05, 3.63) is 65.5 Å². The Bertz CT molecular complexity index is 1100. The number of para-hydroxylation sites is 1. The average molecular weight is 457 g/mol. The minimum atomic E-state index is 0.559. The Hall–Kier alpha value is -2.46. The van der Waals surface area contributed by atoms with Crippen molar-refractivity contribution in [3.63, 3.8) is 0 Å². The summed E-state index contributed by atoms with van der Waals surface area (Å²) in [6.45, 7) is 4.49. The summed E-state index contributed by atoms with van der Waals surface area (Å²) in [6.07, 6.45) is 9.34. The van der Waals surface area contributed by atoms with Crippen molar-refractivity contribution < 1.29 is 0 Å². The van der Waals surface area contributed by atoms with Gasteiger partial charge in [0, 0.05) is 25.4 Å². The predicted molar refractivity (Wildman–Crippen MR) is 143 cm³/mol. The van der Waals surface area contributed by atoms with Crippen LogP contribution in [-0.2, 0) is 6.42 Å². The van der Waals surface area contributed by atoms with Crippen LogP contribution in [0.1, 0.15) is 61.4 Å². The minimum absolute atomic E-state index is 0.559. The zero-order valence-corrected chi connectivity index (χ0v) is 21.1. The van der Waals surface area contributed by atoms with Crippen LogP contribution in [0.25, 0.3) is 10.9 Å². The zero-order chi connectivity index (χ0) is 23.5. The van der Waals surface area contributed by atoms with Crippen molar-refractivity contribution >= 4 is 16.7 Å². The molecule has 2 fully saturated rings. The third-order valence-electron chi connectivity index (χ3n) is 8.15. The van der Waals surface area contributed by atoms with E-state index in [2.05, 4.69) is 79.8 Å². The number of nitrogens with one attached hydrogen (secondary N) is 1. The van der Waals surface area contributed by atoms with Gasteiger partial charge >= 0.3 is 0 Å². The van der Waals surface area contributed by atoms with Gasteiger partial charge < -0.3 is 10.2 Å². The number of benzene rings is 2. The molecule has 1 aromatic heterocycles. The number of hydrogen-bond donors (Lipinski definition) is 1. The average Bonchev–Trinajstić information content (AvgIpc) is 3.62. The Morgan fingerprint density at radius 2 is 1.65 bits per heavy atom. The molecule has 2 unspecified atom stereocenters. The monoisotopic (exact) mass is 456 g/mol. The Balaban J connectivity index is 1.06. The fourth-order valence-corrected chi connectivity index (χ4v) is 5.93. The number of rotatable bonds is 9. The van der Waals surface area contributed by atoms with E-state index < -0.39 is 0 Å². The molecule has 0 radical (unpaired) electrons. The van der Waals surface area contributed by atoms with E-state index in [4.69, 9.17) is 9.97 Å². The standard InChI is InChI=1S/C30H40N4/c1-21-8-4-5-9-24(21)16-17-31-20-23-14-12-22(13-15-23)18-25-19-27(25)29-32-28-11-7-6-10-26(28)30(33-29)34(2)3/h4-11,22-23,25,27,31H,12-20H2,1-3H3. The molecule has 0 aliphatic heterocycles. The minimum Gasteiger partial charge on any atom is -0.362 e. The third kappa shape index (κ3) is 5.43. The van der Waals surface area contributed by atoms with Gasteiger partial charge in [0.15, 0.2) is 0 Å². The van der Waals surface area contributed by atoms with Gasteiger partial charge in [0.2, 0.25) is 0 Å². The number of aromatic nitrogens is 2. The summed E-state index contributed by atoms with van der Waals surface area (Å²) < 4.78 is 0. The lowest BCUT2D eigenvalue weighted by Gasteiger charge is -2.29. The first kappa shape index (κ1) is 23.3. The maximum absolute atomic E-state index is 4.99. The van der Waals surface area contributed by atoms with Gasteiger partial charge in [-0.3, -0.25) is 0 Å². The SMILES string of the molecule is Cc1ccccc1CCNCC1CCC(CC2CC2c2nc(N(C)C)c3ccccc3n2)CC1. The van der Waals surface area contributed by atoms with E-state index in [-0.39, 0.29) is 0 Å². The van der Waals surface area contributed by atoms with Crippen LogP contribution in [0, 0.1) is 24.7 Å². The van der Waals surface area contributed by atoms with Gasteiger partial charge in [0.05, 0.1) is 5.52 Å². The predicted octanol–water partition coefficient (Wildman–Crippen LogP) is 6.14. The van der Waals surface area contributed by atoms with Crippen LogP contribution in [-0.4, -0.2) is 37.2 Å². The molecule has 5 rings (SSSR count). The summed E-state index contributed by atoms with van der Waals surface area (Å²) in [5.74, 6) is 5.22. The second kappa shape index (κ2) is 10.4. The fourth-order valence-electron chi connectivity index (χ4n) is 5.93. The first-order chi connectivity index (χ1) is 16.6. The number of anilines is 1. The number of hydrogen-bond acceptors (Lipinski definition) is 4. The van der Waals surface area contributed by atoms with E-state index in [1.807, 2.05) is 0 Å². The molecular weight excluding hydrogens is 416 g/mol. The molecule has 0 amide bonds. The normalized spacial score (nSPS) is 24.3. The topological polar surface area (TPSA) is 41.1 Å². The molecule has 2 aromatic carbocycles. The Morgan fingerprint density at radius 3 is 2.44 bits per heavy atom. The first-order valence-corrected chi connectivity index (χ1v) is 13.3. The molecule has 34 heavy (non-hydrogen) atoms. The fraction of sp³-hybridized carbons (Fsp3) is 0.533. The van der Waals surface area contributed by atoms with Crippen LogP contribution in [0.2, 0.25) is 0 Å². The van der Waals surface area contributed by atoms with Gasteiger partial charge in [-0.15, -0.1) is 0 Å². The highest BCUT2D eigenvalue weighted by Crippen LogP contribution is 2.52. The van der Waals surface area contributed by atoms with Crippen molar-refractivity contribution in [2.24, 2.45) is 17.8 Å². The summed E-state index contributed by atoms with van der Waals surface area (Å²) in [6, 6.07) is 17.2. The van der Waals surface area contributed by atoms with Crippen molar-refractivity contribution in [2.45, 2.75) is 57.8 Å². The van der Waals surface area contributed by atoms with Crippen molar-refractivity contribution in [1.29, 1.82) is 0 Å². The molecule has 4 heteroatoms. The van der Waals surface area contributed by atoms with Crippen molar-refractivity contribution in [1.82, 2.24) is 15.3 Å². The molecule has 0 saturated heterocycles. The van der Waals surface area contributed by atoms with Crippen LogP contribution in [0.4, 0.5) is 5.82 Å². The van der Waals surface area contributed by atoms with E-state index in [9.17, 15) is 0 Å². The van der Waals surface area contributed by atoms with E-state index >= 15 is 0 Å². The maximum Gasteiger partial charge on any atom is 0.139 e. The molecular formula is C30H40N4. The molecule has 2 saturated carbocycles. The van der Waals surface area contributed by atoms with E-state index in [1.54, 1.807) is 0 Å². The quantitative estimate of drug-likeness (QED) is 0.393. The van der Waals surface area contributed by atoms with Gasteiger partial charge in [-0.05, 0) is 93.1 Å². The number of nitrogens with zero attached hydrogens (tertiary/aromatic N) is 3. The Kier molecular flexibility index (Phi) is 7.15. The van der Waals surface area contributed by atoms with Crippen molar-refractivity contribution in [2.75, 3.05) is 32.1 Å². The second-order valence-electron chi connectivity index (χ2n) is 10.9. The largest absolute Gasteiger partial charge is 0.362 e. The second-order valence-corrected chi connectivity index (χ2v) is 10.9. The summed E-state index contributed by atoms with van der Waals surface area (Å²) in [4.78, 5) is 12.1. The van der Waals surface area contributed by atoms with Crippen LogP contribution in [0.15, 0.2) is 48.5 Å². The molecule has 180 valence electrons. The molecule has 3 aromatic rings. The van der Waals surface area contributed by atoms with Gasteiger partial charge in [0.1, 0.15) is 11.6 Å². The summed E-state index contributed by atoms with van der Waals surface area (Å²) in [5, 5.41) is 4.89. The zero-order valence-electron chi connectivity index (χ0n) is 21.1.